The first kappa shape index (κ1) is 17.0. The summed E-state index contributed by atoms with van der Waals surface area (Å²) in [5.74, 6) is -1.18. The number of anilines is 1. The number of oxazole rings is 1. The van der Waals surface area contributed by atoms with Gasteiger partial charge in [-0.15, -0.1) is 0 Å². The van der Waals surface area contributed by atoms with Crippen LogP contribution in [0.3, 0.4) is 0 Å². The Balaban J connectivity index is 1.88. The number of nitrogens with zero attached hydrogens (tertiary/aromatic N) is 1. The Morgan fingerprint density at radius 1 is 1.20 bits per heavy atom. The van der Waals surface area contributed by atoms with Crippen LogP contribution in [0.15, 0.2) is 45.6 Å². The lowest BCUT2D eigenvalue weighted by Crippen LogP contribution is -2.25. The van der Waals surface area contributed by atoms with Crippen molar-refractivity contribution in [3.63, 3.8) is 0 Å². The van der Waals surface area contributed by atoms with Gasteiger partial charge in [0.2, 0.25) is 5.91 Å². The number of ketones is 1. The lowest BCUT2D eigenvalue weighted by Gasteiger charge is -2.09. The minimum atomic E-state index is -0.659. The maximum absolute atomic E-state index is 12.3. The number of aryl methyl sites for hydroxylation is 1. The minimum absolute atomic E-state index is 0.133. The van der Waals surface area contributed by atoms with E-state index in [0.717, 1.165) is 5.56 Å². The van der Waals surface area contributed by atoms with Crippen LogP contribution < -0.4 is 11.1 Å². The summed E-state index contributed by atoms with van der Waals surface area (Å²) in [5, 5.41) is 3.24. The zero-order valence-corrected chi connectivity index (χ0v) is 14.4. The van der Waals surface area contributed by atoms with Crippen LogP contribution in [0.4, 0.5) is 5.69 Å². The van der Waals surface area contributed by atoms with Crippen molar-refractivity contribution >= 4 is 40.1 Å². The van der Waals surface area contributed by atoms with Crippen molar-refractivity contribution in [2.24, 2.45) is 0 Å². The fraction of sp³-hybridized carbons (Fsp3) is 0.167. The molecule has 1 N–H and O–H groups in total. The number of halogens is 1. The van der Waals surface area contributed by atoms with Crippen LogP contribution in [0.25, 0.3) is 11.1 Å². The van der Waals surface area contributed by atoms with E-state index in [1.807, 2.05) is 6.92 Å². The van der Waals surface area contributed by atoms with Gasteiger partial charge in [0.15, 0.2) is 11.4 Å². The molecule has 0 fully saturated rings. The fourth-order valence-electron chi connectivity index (χ4n) is 2.50. The molecule has 0 saturated carbocycles. The number of carbonyl (C=O) groups excluding carboxylic acids is 2. The first-order chi connectivity index (χ1) is 11.8. The molecular formula is C18H15ClN2O4. The molecule has 0 spiro atoms. The van der Waals surface area contributed by atoms with Crippen molar-refractivity contribution in [2.45, 2.75) is 20.4 Å². The third kappa shape index (κ3) is 3.49. The second kappa shape index (κ2) is 6.57. The quantitative estimate of drug-likeness (QED) is 0.725. The van der Waals surface area contributed by atoms with Gasteiger partial charge in [0.05, 0.1) is 5.52 Å². The number of benzene rings is 2. The first-order valence-electron chi connectivity index (χ1n) is 7.55. The molecule has 1 heterocycles. The Morgan fingerprint density at radius 2 is 1.96 bits per heavy atom. The molecule has 128 valence electrons. The molecule has 2 aromatic carbocycles. The van der Waals surface area contributed by atoms with E-state index in [2.05, 4.69) is 5.32 Å². The van der Waals surface area contributed by atoms with Gasteiger partial charge in [0.1, 0.15) is 6.54 Å². The number of aromatic nitrogens is 1. The summed E-state index contributed by atoms with van der Waals surface area (Å²) in [5.41, 5.74) is 2.59. The smallest absolute Gasteiger partial charge is 0.408 e. The highest BCUT2D eigenvalue weighted by molar-refractivity contribution is 6.31. The molecule has 0 bridgehead atoms. The number of carbonyl (C=O) groups is 2. The van der Waals surface area contributed by atoms with Crippen molar-refractivity contribution in [1.82, 2.24) is 4.57 Å². The molecule has 0 aliphatic rings. The summed E-state index contributed by atoms with van der Waals surface area (Å²) in [7, 11) is 0. The van der Waals surface area contributed by atoms with Crippen LogP contribution >= 0.6 is 11.6 Å². The maximum atomic E-state index is 12.3. The van der Waals surface area contributed by atoms with E-state index in [1.165, 1.54) is 17.6 Å². The number of hydrogen-bond acceptors (Lipinski definition) is 4. The fourth-order valence-corrected chi connectivity index (χ4v) is 2.67. The summed E-state index contributed by atoms with van der Waals surface area (Å²) in [6.45, 7) is 3.06. The topological polar surface area (TPSA) is 81.3 Å². The van der Waals surface area contributed by atoms with Gasteiger partial charge >= 0.3 is 5.76 Å². The summed E-state index contributed by atoms with van der Waals surface area (Å²) in [4.78, 5) is 35.8. The second-order valence-corrected chi connectivity index (χ2v) is 6.14. The normalized spacial score (nSPS) is 10.8. The van der Waals surface area contributed by atoms with Gasteiger partial charge in [0, 0.05) is 16.3 Å². The number of nitrogens with one attached hydrogen (secondary N) is 1. The Kier molecular flexibility index (Phi) is 4.46. The van der Waals surface area contributed by atoms with E-state index in [4.69, 9.17) is 16.0 Å². The standard InChI is InChI=1S/C18H15ClN2O4/c1-10-3-5-13(19)8-14(10)20-17(23)9-21-15-6-4-12(11(2)22)7-16(15)25-18(21)24/h3-8H,9H2,1-2H3,(H,20,23). The predicted molar refractivity (Wildman–Crippen MR) is 95.3 cm³/mol. The third-order valence-corrected chi connectivity index (χ3v) is 4.09. The van der Waals surface area contributed by atoms with Crippen molar-refractivity contribution < 1.29 is 14.0 Å². The summed E-state index contributed by atoms with van der Waals surface area (Å²) in [6.07, 6.45) is 0. The minimum Gasteiger partial charge on any atom is -0.408 e. The summed E-state index contributed by atoms with van der Waals surface area (Å²) >= 11 is 5.94. The highest BCUT2D eigenvalue weighted by atomic mass is 35.5. The van der Waals surface area contributed by atoms with Crippen LogP contribution in [0, 0.1) is 6.92 Å². The largest absolute Gasteiger partial charge is 0.420 e. The molecule has 3 aromatic rings. The number of amides is 1. The van der Waals surface area contributed by atoms with Gasteiger partial charge < -0.3 is 9.73 Å². The maximum Gasteiger partial charge on any atom is 0.420 e. The molecule has 6 nitrogen and oxygen atoms in total. The van der Waals surface area contributed by atoms with Crippen molar-refractivity contribution in [1.29, 1.82) is 0 Å². The van der Waals surface area contributed by atoms with Gasteiger partial charge in [-0.1, -0.05) is 17.7 Å². The van der Waals surface area contributed by atoms with Crippen molar-refractivity contribution in [3.8, 4) is 0 Å². The summed E-state index contributed by atoms with van der Waals surface area (Å²) < 4.78 is 6.35. The molecule has 0 unspecified atom stereocenters. The molecule has 0 atom stereocenters. The van der Waals surface area contributed by atoms with Gasteiger partial charge in [-0.05, 0) is 49.7 Å². The average Bonchev–Trinajstić information content (AvgIpc) is 2.86. The SMILES string of the molecule is CC(=O)c1ccc2c(c1)oc(=O)n2CC(=O)Nc1cc(Cl)ccc1C. The molecule has 1 aromatic heterocycles. The highest BCUT2D eigenvalue weighted by Gasteiger charge is 2.15. The molecule has 7 heteroatoms. The number of hydrogen-bond donors (Lipinski definition) is 1. The Labute approximate surface area is 148 Å². The molecule has 0 aliphatic heterocycles. The van der Waals surface area contributed by atoms with Gasteiger partial charge in [0.25, 0.3) is 0 Å². The van der Waals surface area contributed by atoms with E-state index in [1.54, 1.807) is 30.3 Å². The van der Waals surface area contributed by atoms with E-state index in [9.17, 15) is 14.4 Å². The average molecular weight is 359 g/mol. The van der Waals surface area contributed by atoms with Crippen LogP contribution in [-0.4, -0.2) is 16.3 Å². The van der Waals surface area contributed by atoms with E-state index in [-0.39, 0.29) is 23.8 Å². The zero-order chi connectivity index (χ0) is 18.1. The number of rotatable bonds is 4. The van der Waals surface area contributed by atoms with Crippen molar-refractivity contribution in [2.75, 3.05) is 5.32 Å². The molecule has 25 heavy (non-hydrogen) atoms. The van der Waals surface area contributed by atoms with E-state index >= 15 is 0 Å². The molecule has 1 amide bonds. The Morgan fingerprint density at radius 3 is 2.68 bits per heavy atom. The van der Waals surface area contributed by atoms with E-state index in [0.29, 0.717) is 21.8 Å². The number of Topliss-reactive ketones (excluding diaryl/α,β-unsaturated/α-hetero) is 1. The van der Waals surface area contributed by atoms with Crippen LogP contribution in [0.5, 0.6) is 0 Å². The van der Waals surface area contributed by atoms with E-state index < -0.39 is 5.76 Å². The predicted octanol–water partition coefficient (Wildman–Crippen LogP) is 3.40. The lowest BCUT2D eigenvalue weighted by atomic mass is 10.1. The Hall–Kier alpha value is -2.86. The second-order valence-electron chi connectivity index (χ2n) is 5.70. The monoisotopic (exact) mass is 358 g/mol. The van der Waals surface area contributed by atoms with Gasteiger partial charge in [-0.25, -0.2) is 4.79 Å². The molecule has 3 rings (SSSR count). The molecule has 0 aliphatic carbocycles. The van der Waals surface area contributed by atoms with Crippen LogP contribution in [0.2, 0.25) is 5.02 Å². The lowest BCUT2D eigenvalue weighted by molar-refractivity contribution is -0.116. The number of fused-ring (bicyclic) bond motifs is 1. The van der Waals surface area contributed by atoms with Crippen LogP contribution in [-0.2, 0) is 11.3 Å². The third-order valence-electron chi connectivity index (χ3n) is 3.85. The molecule has 0 saturated heterocycles. The molecular weight excluding hydrogens is 344 g/mol. The highest BCUT2D eigenvalue weighted by Crippen LogP contribution is 2.20. The Bertz CT molecular complexity index is 1050. The molecule has 0 radical (unpaired) electrons. The van der Waals surface area contributed by atoms with Crippen LogP contribution in [0.1, 0.15) is 22.8 Å². The van der Waals surface area contributed by atoms with Crippen molar-refractivity contribution in [3.05, 3.63) is 63.1 Å². The summed E-state index contributed by atoms with van der Waals surface area (Å²) in [6, 6.07) is 9.84. The first-order valence-corrected chi connectivity index (χ1v) is 7.93. The van der Waals surface area contributed by atoms with Gasteiger partial charge in [-0.2, -0.15) is 0 Å². The van der Waals surface area contributed by atoms with Gasteiger partial charge in [-0.3, -0.25) is 14.2 Å². The zero-order valence-electron chi connectivity index (χ0n) is 13.6.